The van der Waals surface area contributed by atoms with Gasteiger partial charge >= 0.3 is 0 Å². The monoisotopic (exact) mass is 375 g/mol. The van der Waals surface area contributed by atoms with Gasteiger partial charge in [0.15, 0.2) is 5.84 Å². The Bertz CT molecular complexity index is 533. The minimum absolute atomic E-state index is 0.184. The van der Waals surface area contributed by atoms with E-state index in [9.17, 15) is 4.39 Å². The van der Waals surface area contributed by atoms with Crippen molar-refractivity contribution in [3.8, 4) is 0 Å². The Balaban J connectivity index is 2.03. The smallest absolute Gasteiger partial charge is 0.155 e. The fourth-order valence-corrected chi connectivity index (χ4v) is 3.88. The number of hydrogen-bond donors (Lipinski definition) is 2. The molecule has 1 fully saturated rings. The van der Waals surface area contributed by atoms with Gasteiger partial charge in [-0.15, -0.1) is 0 Å². The summed E-state index contributed by atoms with van der Waals surface area (Å²) in [7, 11) is 0. The highest BCUT2D eigenvalue weighted by molar-refractivity contribution is 9.10. The van der Waals surface area contributed by atoms with Crippen molar-refractivity contribution < 1.29 is 9.60 Å². The molecule has 0 spiro atoms. The van der Waals surface area contributed by atoms with Crippen molar-refractivity contribution in [2.75, 3.05) is 19.3 Å². The molecule has 0 aliphatic carbocycles. The predicted molar refractivity (Wildman–Crippen MR) is 88.3 cm³/mol. The van der Waals surface area contributed by atoms with Gasteiger partial charge in [-0.2, -0.15) is 11.8 Å². The minimum atomic E-state index is -0.304. The summed E-state index contributed by atoms with van der Waals surface area (Å²) >= 11 is 4.99. The molecule has 0 bridgehead atoms. The van der Waals surface area contributed by atoms with E-state index in [0.29, 0.717) is 12.1 Å². The van der Waals surface area contributed by atoms with Crippen LogP contribution in [0.2, 0.25) is 0 Å². The summed E-state index contributed by atoms with van der Waals surface area (Å²) in [6, 6.07) is 4.99. The number of nitrogens with zero attached hydrogens (tertiary/aromatic N) is 2. The number of oxime groups is 1. The van der Waals surface area contributed by atoms with Gasteiger partial charge in [0.05, 0.1) is 4.75 Å². The summed E-state index contributed by atoms with van der Waals surface area (Å²) in [5.41, 5.74) is 6.51. The Morgan fingerprint density at radius 3 is 2.76 bits per heavy atom. The van der Waals surface area contributed by atoms with Gasteiger partial charge in [-0.05, 0) is 37.3 Å². The molecule has 0 unspecified atom stereocenters. The van der Waals surface area contributed by atoms with Crippen LogP contribution in [0.3, 0.4) is 0 Å². The van der Waals surface area contributed by atoms with E-state index in [1.54, 1.807) is 17.8 Å². The first-order valence-corrected chi connectivity index (χ1v) is 8.72. The van der Waals surface area contributed by atoms with E-state index < -0.39 is 0 Å². The lowest BCUT2D eigenvalue weighted by molar-refractivity contribution is 0.207. The van der Waals surface area contributed by atoms with Crippen LogP contribution in [0.25, 0.3) is 0 Å². The third kappa shape index (κ3) is 3.70. The summed E-state index contributed by atoms with van der Waals surface area (Å²) in [6.45, 7) is 2.16. The number of thioether (sulfide) groups is 1. The highest BCUT2D eigenvalue weighted by Crippen LogP contribution is 2.35. The zero-order valence-corrected chi connectivity index (χ0v) is 14.3. The second kappa shape index (κ2) is 6.98. The molecule has 0 aromatic heterocycles. The molecule has 0 amide bonds. The molecule has 3 N–H and O–H groups in total. The zero-order valence-electron chi connectivity index (χ0n) is 11.9. The molecule has 7 heteroatoms. The molecular formula is C14H19BrFN3OS. The molecule has 116 valence electrons. The normalized spacial score (nSPS) is 19.7. The van der Waals surface area contributed by atoms with Gasteiger partial charge in [0.2, 0.25) is 0 Å². The van der Waals surface area contributed by atoms with Crippen LogP contribution in [-0.2, 0) is 6.54 Å². The molecule has 4 nitrogen and oxygen atoms in total. The highest BCUT2D eigenvalue weighted by Gasteiger charge is 2.38. The van der Waals surface area contributed by atoms with Crippen LogP contribution in [0.1, 0.15) is 18.4 Å². The molecule has 2 rings (SSSR count). The molecule has 1 aliphatic rings. The van der Waals surface area contributed by atoms with E-state index in [-0.39, 0.29) is 16.4 Å². The maximum atomic E-state index is 13.8. The lowest BCUT2D eigenvalue weighted by Gasteiger charge is -2.39. The van der Waals surface area contributed by atoms with E-state index in [2.05, 4.69) is 26.0 Å². The van der Waals surface area contributed by atoms with Crippen LogP contribution in [0.15, 0.2) is 27.8 Å². The summed E-state index contributed by atoms with van der Waals surface area (Å²) in [5, 5.41) is 12.1. The van der Waals surface area contributed by atoms with Gasteiger partial charge in [0.25, 0.3) is 0 Å². The van der Waals surface area contributed by atoms with Crippen molar-refractivity contribution in [2.45, 2.75) is 24.1 Å². The number of likely N-dealkylation sites (tertiary alicyclic amines) is 1. The number of piperidine rings is 1. The summed E-state index contributed by atoms with van der Waals surface area (Å²) in [6.07, 6.45) is 3.56. The van der Waals surface area contributed by atoms with E-state index >= 15 is 0 Å². The summed E-state index contributed by atoms with van der Waals surface area (Å²) in [4.78, 5) is 2.20. The van der Waals surface area contributed by atoms with Gasteiger partial charge in [-0.3, -0.25) is 4.90 Å². The predicted octanol–water partition coefficient (Wildman–Crippen LogP) is 3.03. The lowest BCUT2D eigenvalue weighted by atomic mass is 9.94. The second-order valence-electron chi connectivity index (χ2n) is 5.20. The Hall–Kier alpha value is -0.790. The van der Waals surface area contributed by atoms with Gasteiger partial charge < -0.3 is 10.9 Å². The molecule has 0 atom stereocenters. The molecule has 1 aromatic carbocycles. The fourth-order valence-electron chi connectivity index (χ4n) is 2.63. The standard InChI is InChI=1S/C14H19BrFN3OS/c1-21-14(13(17)18-20)4-6-19(7-5-14)9-10-8-11(15)2-3-12(10)16/h2-3,8,20H,4-7,9H2,1H3,(H2,17,18). The Morgan fingerprint density at radius 2 is 2.19 bits per heavy atom. The number of halogens is 2. The maximum absolute atomic E-state index is 13.8. The number of benzene rings is 1. The Kier molecular flexibility index (Phi) is 5.51. The van der Waals surface area contributed by atoms with Crippen LogP contribution in [0.5, 0.6) is 0 Å². The SMILES string of the molecule is CSC1(C(N)=NO)CCN(Cc2cc(Br)ccc2F)CC1. The molecule has 1 saturated heterocycles. The van der Waals surface area contributed by atoms with Crippen LogP contribution in [-0.4, -0.2) is 40.0 Å². The summed E-state index contributed by atoms with van der Waals surface area (Å²) < 4.78 is 14.4. The molecule has 1 aromatic rings. The first kappa shape index (κ1) is 16.6. The van der Waals surface area contributed by atoms with Crippen molar-refractivity contribution in [1.29, 1.82) is 0 Å². The number of hydrogen-bond acceptors (Lipinski definition) is 4. The van der Waals surface area contributed by atoms with Crippen LogP contribution >= 0.6 is 27.7 Å². The van der Waals surface area contributed by atoms with Crippen LogP contribution < -0.4 is 5.73 Å². The topological polar surface area (TPSA) is 61.9 Å². The van der Waals surface area contributed by atoms with Crippen LogP contribution in [0.4, 0.5) is 4.39 Å². The highest BCUT2D eigenvalue weighted by atomic mass is 79.9. The van der Waals surface area contributed by atoms with E-state index in [1.807, 2.05) is 12.3 Å². The van der Waals surface area contributed by atoms with Crippen molar-refractivity contribution >= 4 is 33.5 Å². The second-order valence-corrected chi connectivity index (χ2v) is 7.30. The van der Waals surface area contributed by atoms with E-state index in [4.69, 9.17) is 10.9 Å². The van der Waals surface area contributed by atoms with Crippen molar-refractivity contribution in [1.82, 2.24) is 4.90 Å². The molecule has 1 aliphatic heterocycles. The zero-order chi connectivity index (χ0) is 15.5. The van der Waals surface area contributed by atoms with Crippen LogP contribution in [0, 0.1) is 5.82 Å². The maximum Gasteiger partial charge on any atom is 0.155 e. The summed E-state index contributed by atoms with van der Waals surface area (Å²) in [5.74, 6) is 0.0969. The van der Waals surface area contributed by atoms with E-state index in [0.717, 1.165) is 30.4 Å². The fraction of sp³-hybridized carbons (Fsp3) is 0.500. The average Bonchev–Trinajstić information content (AvgIpc) is 2.51. The Morgan fingerprint density at radius 1 is 1.52 bits per heavy atom. The first-order chi connectivity index (χ1) is 10.0. The van der Waals surface area contributed by atoms with Gasteiger partial charge in [0, 0.05) is 29.7 Å². The quantitative estimate of drug-likeness (QED) is 0.367. The lowest BCUT2D eigenvalue weighted by Crippen LogP contribution is -2.49. The minimum Gasteiger partial charge on any atom is -0.409 e. The third-order valence-electron chi connectivity index (χ3n) is 4.03. The van der Waals surface area contributed by atoms with Crippen molar-refractivity contribution in [3.63, 3.8) is 0 Å². The molecule has 1 heterocycles. The third-order valence-corrected chi connectivity index (χ3v) is 5.92. The van der Waals surface area contributed by atoms with E-state index in [1.165, 1.54) is 6.07 Å². The number of rotatable bonds is 4. The Labute approximate surface area is 136 Å². The molecular weight excluding hydrogens is 357 g/mol. The largest absolute Gasteiger partial charge is 0.409 e. The number of amidine groups is 1. The average molecular weight is 376 g/mol. The number of nitrogens with two attached hydrogens (primary N) is 1. The van der Waals surface area contributed by atoms with Crippen molar-refractivity contribution in [2.24, 2.45) is 10.9 Å². The first-order valence-electron chi connectivity index (χ1n) is 6.70. The molecule has 0 radical (unpaired) electrons. The van der Waals surface area contributed by atoms with Gasteiger partial charge in [0.1, 0.15) is 5.82 Å². The molecule has 0 saturated carbocycles. The van der Waals surface area contributed by atoms with Gasteiger partial charge in [-0.25, -0.2) is 4.39 Å². The molecule has 21 heavy (non-hydrogen) atoms. The van der Waals surface area contributed by atoms with Crippen molar-refractivity contribution in [3.05, 3.63) is 34.1 Å². The van der Waals surface area contributed by atoms with Gasteiger partial charge in [-0.1, -0.05) is 21.1 Å².